The maximum absolute atomic E-state index is 6.40. The molecule has 110 valence electrons. The van der Waals surface area contributed by atoms with Crippen LogP contribution in [-0.4, -0.2) is 5.17 Å². The third kappa shape index (κ3) is 3.74. The van der Waals surface area contributed by atoms with Crippen molar-refractivity contribution < 1.29 is 0 Å². The van der Waals surface area contributed by atoms with E-state index < -0.39 is 0 Å². The van der Waals surface area contributed by atoms with E-state index in [2.05, 4.69) is 63.9 Å². The lowest BCUT2D eigenvalue weighted by atomic mass is 9.87. The summed E-state index contributed by atoms with van der Waals surface area (Å²) in [6, 6.07) is 14.5. The number of halogens is 1. The average molecular weight is 300 g/mol. The molecule has 1 nitrogen and oxygen atoms in total. The molecule has 0 saturated heterocycles. The first-order chi connectivity index (χ1) is 9.79. The van der Waals surface area contributed by atoms with Crippen LogP contribution in [0.3, 0.4) is 0 Å². The van der Waals surface area contributed by atoms with Crippen LogP contribution in [0.15, 0.2) is 47.5 Å². The lowest BCUT2D eigenvalue weighted by Crippen LogP contribution is -2.10. The molecule has 21 heavy (non-hydrogen) atoms. The highest BCUT2D eigenvalue weighted by molar-refractivity contribution is 6.69. The van der Waals surface area contributed by atoms with Gasteiger partial charge in [0, 0.05) is 5.56 Å². The molecule has 2 heteroatoms. The third-order valence-electron chi connectivity index (χ3n) is 3.64. The monoisotopic (exact) mass is 299 g/mol. The Morgan fingerprint density at radius 3 is 1.90 bits per heavy atom. The highest BCUT2D eigenvalue weighted by Gasteiger charge is 2.13. The van der Waals surface area contributed by atoms with E-state index in [1.165, 1.54) is 5.56 Å². The van der Waals surface area contributed by atoms with E-state index in [0.717, 1.165) is 22.4 Å². The van der Waals surface area contributed by atoms with Gasteiger partial charge in [-0.25, -0.2) is 4.99 Å². The Morgan fingerprint density at radius 2 is 1.43 bits per heavy atom. The van der Waals surface area contributed by atoms with E-state index in [9.17, 15) is 0 Å². The molecule has 2 rings (SSSR count). The Hall–Kier alpha value is -1.60. The minimum absolute atomic E-state index is 0.148. The molecule has 0 aromatic heterocycles. The molecule has 0 spiro atoms. The standard InChI is InChI=1S/C19H22ClN/c1-13-7-6-8-14(2)17(13)21-18(20)15-9-11-16(12-10-15)19(3,4)5/h6-12H,1-5H3. The van der Waals surface area contributed by atoms with Crippen LogP contribution >= 0.6 is 11.6 Å². The summed E-state index contributed by atoms with van der Waals surface area (Å²) < 4.78 is 0. The molecule has 0 atom stereocenters. The highest BCUT2D eigenvalue weighted by atomic mass is 35.5. The average Bonchev–Trinajstić information content (AvgIpc) is 2.42. The second-order valence-corrected chi connectivity index (χ2v) is 6.83. The van der Waals surface area contributed by atoms with E-state index in [0.29, 0.717) is 5.17 Å². The third-order valence-corrected chi connectivity index (χ3v) is 3.94. The van der Waals surface area contributed by atoms with Crippen molar-refractivity contribution in [3.63, 3.8) is 0 Å². The van der Waals surface area contributed by atoms with Crippen LogP contribution in [0.5, 0.6) is 0 Å². The van der Waals surface area contributed by atoms with Gasteiger partial charge < -0.3 is 0 Å². The number of hydrogen-bond acceptors (Lipinski definition) is 1. The van der Waals surface area contributed by atoms with Gasteiger partial charge in [0.1, 0.15) is 5.17 Å². The summed E-state index contributed by atoms with van der Waals surface area (Å²) in [6.07, 6.45) is 0. The minimum atomic E-state index is 0.148. The molecule has 2 aromatic carbocycles. The zero-order valence-corrected chi connectivity index (χ0v) is 14.1. The fourth-order valence-electron chi connectivity index (χ4n) is 2.25. The van der Waals surface area contributed by atoms with Gasteiger partial charge in [-0.15, -0.1) is 0 Å². The molecular weight excluding hydrogens is 278 g/mol. The highest BCUT2D eigenvalue weighted by Crippen LogP contribution is 2.26. The lowest BCUT2D eigenvalue weighted by molar-refractivity contribution is 0.590. The first kappa shape index (κ1) is 15.8. The molecule has 0 aliphatic heterocycles. The van der Waals surface area contributed by atoms with Gasteiger partial charge in [-0.1, -0.05) is 74.8 Å². The molecule has 0 amide bonds. The van der Waals surface area contributed by atoms with Crippen molar-refractivity contribution in [1.82, 2.24) is 0 Å². The van der Waals surface area contributed by atoms with Gasteiger partial charge in [0.25, 0.3) is 0 Å². The molecule has 0 saturated carbocycles. The maximum atomic E-state index is 6.40. The normalized spacial score (nSPS) is 12.6. The van der Waals surface area contributed by atoms with Crippen LogP contribution in [0.25, 0.3) is 0 Å². The first-order valence-electron chi connectivity index (χ1n) is 7.20. The maximum Gasteiger partial charge on any atom is 0.136 e. The number of aryl methyl sites for hydroxylation is 2. The van der Waals surface area contributed by atoms with Gasteiger partial charge >= 0.3 is 0 Å². The molecule has 0 bridgehead atoms. The SMILES string of the molecule is Cc1cccc(C)c1N=C(Cl)c1ccc(C(C)(C)C)cc1. The summed E-state index contributed by atoms with van der Waals surface area (Å²) in [4.78, 5) is 4.60. The van der Waals surface area contributed by atoms with E-state index >= 15 is 0 Å². The minimum Gasteiger partial charge on any atom is -0.236 e. The zero-order valence-electron chi connectivity index (χ0n) is 13.4. The molecule has 0 heterocycles. The first-order valence-corrected chi connectivity index (χ1v) is 7.58. The quantitative estimate of drug-likeness (QED) is 0.610. The Bertz CT molecular complexity index is 641. The molecule has 0 N–H and O–H groups in total. The van der Waals surface area contributed by atoms with E-state index in [4.69, 9.17) is 11.6 Å². The van der Waals surface area contributed by atoms with Gasteiger partial charge in [0.15, 0.2) is 0 Å². The van der Waals surface area contributed by atoms with Gasteiger partial charge in [0.05, 0.1) is 5.69 Å². The van der Waals surface area contributed by atoms with E-state index in [1.807, 2.05) is 18.2 Å². The number of nitrogens with zero attached hydrogens (tertiary/aromatic N) is 1. The molecule has 0 unspecified atom stereocenters. The zero-order chi connectivity index (χ0) is 15.6. The van der Waals surface area contributed by atoms with Crippen LogP contribution in [0.1, 0.15) is 43.0 Å². The predicted octanol–water partition coefficient (Wildman–Crippen LogP) is 5.92. The van der Waals surface area contributed by atoms with Crippen molar-refractivity contribution in [3.05, 3.63) is 64.7 Å². The lowest BCUT2D eigenvalue weighted by Gasteiger charge is -2.19. The number of benzene rings is 2. The Kier molecular flexibility index (Phi) is 4.53. The van der Waals surface area contributed by atoms with E-state index in [-0.39, 0.29) is 5.41 Å². The predicted molar refractivity (Wildman–Crippen MR) is 93.1 cm³/mol. The largest absolute Gasteiger partial charge is 0.236 e. The molecule has 0 radical (unpaired) electrons. The topological polar surface area (TPSA) is 12.4 Å². The number of rotatable bonds is 2. The van der Waals surface area contributed by atoms with Crippen LogP contribution in [0.4, 0.5) is 5.69 Å². The molecule has 2 aromatic rings. The van der Waals surface area contributed by atoms with Crippen LogP contribution in [-0.2, 0) is 5.41 Å². The second kappa shape index (κ2) is 6.03. The summed E-state index contributed by atoms with van der Waals surface area (Å²) in [5.74, 6) is 0. The Morgan fingerprint density at radius 1 is 0.905 bits per heavy atom. The smallest absolute Gasteiger partial charge is 0.136 e. The Balaban J connectivity index is 2.36. The van der Waals surface area contributed by atoms with Crippen molar-refractivity contribution in [2.75, 3.05) is 0 Å². The summed E-state index contributed by atoms with van der Waals surface area (Å²) in [7, 11) is 0. The van der Waals surface area contributed by atoms with Crippen LogP contribution in [0.2, 0.25) is 0 Å². The number of hydrogen-bond donors (Lipinski definition) is 0. The van der Waals surface area contributed by atoms with Gasteiger partial charge in [0.2, 0.25) is 0 Å². The van der Waals surface area contributed by atoms with E-state index in [1.54, 1.807) is 0 Å². The van der Waals surface area contributed by atoms with Crippen molar-refractivity contribution in [1.29, 1.82) is 0 Å². The second-order valence-electron chi connectivity index (χ2n) is 6.47. The fraction of sp³-hybridized carbons (Fsp3) is 0.316. The van der Waals surface area contributed by atoms with Crippen molar-refractivity contribution in [3.8, 4) is 0 Å². The van der Waals surface area contributed by atoms with Crippen molar-refractivity contribution in [2.24, 2.45) is 4.99 Å². The molecule has 0 aliphatic carbocycles. The summed E-state index contributed by atoms with van der Waals surface area (Å²) >= 11 is 6.40. The summed E-state index contributed by atoms with van der Waals surface area (Å²) in [5.41, 5.74) is 5.63. The van der Waals surface area contributed by atoms with Gasteiger partial charge in [-0.2, -0.15) is 0 Å². The molecular formula is C19H22ClN. The number of aliphatic imine (C=N–C) groups is 1. The van der Waals surface area contributed by atoms with Crippen LogP contribution < -0.4 is 0 Å². The summed E-state index contributed by atoms with van der Waals surface area (Å²) in [5, 5.41) is 0.535. The van der Waals surface area contributed by atoms with Crippen LogP contribution in [0, 0.1) is 13.8 Å². The number of para-hydroxylation sites is 1. The summed E-state index contributed by atoms with van der Waals surface area (Å²) in [6.45, 7) is 10.7. The Labute approximate surface area is 132 Å². The fourth-order valence-corrected chi connectivity index (χ4v) is 2.46. The van der Waals surface area contributed by atoms with Gasteiger partial charge in [-0.05, 0) is 36.0 Å². The van der Waals surface area contributed by atoms with Crippen molar-refractivity contribution in [2.45, 2.75) is 40.0 Å². The van der Waals surface area contributed by atoms with Crippen molar-refractivity contribution >= 4 is 22.5 Å². The molecule has 0 aliphatic rings. The van der Waals surface area contributed by atoms with Gasteiger partial charge in [-0.3, -0.25) is 0 Å². The molecule has 0 fully saturated rings.